The molecule has 2 heterocycles. The van der Waals surface area contributed by atoms with Crippen LogP contribution in [0.5, 0.6) is 0 Å². The lowest BCUT2D eigenvalue weighted by molar-refractivity contribution is -0.165. The molecule has 0 spiro atoms. The van der Waals surface area contributed by atoms with Gasteiger partial charge in [0.1, 0.15) is 11.4 Å². The van der Waals surface area contributed by atoms with Crippen LogP contribution in [0.4, 0.5) is 0 Å². The Kier molecular flexibility index (Phi) is 3.23. The number of fused-ring (bicyclic) bond motifs is 1. The number of methoxy groups -OCH3 is 1. The van der Waals surface area contributed by atoms with Crippen LogP contribution in [0.15, 0.2) is 0 Å². The van der Waals surface area contributed by atoms with Gasteiger partial charge in [-0.1, -0.05) is 15.9 Å². The average Bonchev–Trinajstić information content (AvgIpc) is 2.56. The van der Waals surface area contributed by atoms with E-state index in [9.17, 15) is 14.7 Å². The van der Waals surface area contributed by atoms with Gasteiger partial charge in [-0.2, -0.15) is 0 Å². The molecular formula is C11H16BrNO4S. The van der Waals surface area contributed by atoms with Crippen LogP contribution in [0.3, 0.4) is 0 Å². The predicted molar refractivity (Wildman–Crippen MR) is 71.4 cm³/mol. The van der Waals surface area contributed by atoms with E-state index in [1.54, 1.807) is 6.92 Å². The molecule has 0 aromatic carbocycles. The van der Waals surface area contributed by atoms with Crippen LogP contribution in [0.2, 0.25) is 0 Å². The number of aliphatic hydroxyl groups excluding tert-OH is 1. The number of ether oxygens (including phenoxy) is 1. The molecule has 2 aliphatic rings. The Morgan fingerprint density at radius 3 is 2.61 bits per heavy atom. The molecule has 1 amide bonds. The average molecular weight is 338 g/mol. The van der Waals surface area contributed by atoms with Crippen LogP contribution in [0.25, 0.3) is 0 Å². The molecule has 0 aromatic rings. The minimum absolute atomic E-state index is 0.246. The molecule has 1 unspecified atom stereocenters. The van der Waals surface area contributed by atoms with Gasteiger partial charge in [0, 0.05) is 4.75 Å². The van der Waals surface area contributed by atoms with Gasteiger partial charge in [0.05, 0.1) is 13.2 Å². The quantitative estimate of drug-likeness (QED) is 0.457. The second kappa shape index (κ2) is 4.11. The molecule has 1 N–H and O–H groups in total. The summed E-state index contributed by atoms with van der Waals surface area (Å²) >= 11 is 4.85. The molecule has 4 atom stereocenters. The number of nitrogens with zero attached hydrogens (tertiary/aromatic N) is 1. The maximum atomic E-state index is 12.2. The Balaban J connectivity index is 2.36. The lowest BCUT2D eigenvalue weighted by Crippen LogP contribution is -2.74. The second-order valence-corrected chi connectivity index (χ2v) is 8.20. The van der Waals surface area contributed by atoms with Crippen molar-refractivity contribution in [3.05, 3.63) is 0 Å². The Morgan fingerprint density at radius 2 is 2.17 bits per heavy atom. The summed E-state index contributed by atoms with van der Waals surface area (Å²) in [7, 11) is 1.32. The van der Waals surface area contributed by atoms with Gasteiger partial charge in [-0.15, -0.1) is 11.8 Å². The second-order valence-electron chi connectivity index (χ2n) is 5.16. The normalized spacial score (nSPS) is 39.0. The molecular weight excluding hydrogens is 322 g/mol. The Bertz CT molecular complexity index is 414. The van der Waals surface area contributed by atoms with E-state index in [1.807, 2.05) is 13.8 Å². The maximum absolute atomic E-state index is 12.2. The van der Waals surface area contributed by atoms with Crippen molar-refractivity contribution in [3.63, 3.8) is 0 Å². The Hall–Kier alpha value is -0.270. The Labute approximate surface area is 118 Å². The summed E-state index contributed by atoms with van der Waals surface area (Å²) in [6.07, 6.45) is -0.814. The van der Waals surface area contributed by atoms with Gasteiger partial charge < -0.3 is 14.7 Å². The van der Waals surface area contributed by atoms with Gasteiger partial charge in [0.2, 0.25) is 5.91 Å². The van der Waals surface area contributed by atoms with E-state index in [0.717, 1.165) is 0 Å². The van der Waals surface area contributed by atoms with Crippen LogP contribution < -0.4 is 0 Å². The molecule has 0 aliphatic carbocycles. The van der Waals surface area contributed by atoms with E-state index in [2.05, 4.69) is 15.9 Å². The smallest absolute Gasteiger partial charge is 0.330 e. The summed E-state index contributed by atoms with van der Waals surface area (Å²) < 4.78 is 3.35. The number of esters is 1. The third-order valence-corrected chi connectivity index (χ3v) is 6.95. The summed E-state index contributed by atoms with van der Waals surface area (Å²) in [6.45, 7) is 5.38. The molecule has 7 heteroatoms. The highest BCUT2D eigenvalue weighted by molar-refractivity contribution is 9.10. The van der Waals surface area contributed by atoms with Gasteiger partial charge in [-0.05, 0) is 20.8 Å². The molecule has 0 radical (unpaired) electrons. The highest BCUT2D eigenvalue weighted by Gasteiger charge is 2.72. The molecule has 2 aliphatic heterocycles. The van der Waals surface area contributed by atoms with Crippen molar-refractivity contribution in [2.24, 2.45) is 0 Å². The molecule has 0 saturated carbocycles. The van der Waals surface area contributed by atoms with Crippen LogP contribution in [0, 0.1) is 0 Å². The van der Waals surface area contributed by atoms with Crippen LogP contribution in [0.1, 0.15) is 20.8 Å². The molecule has 2 saturated heterocycles. The minimum atomic E-state index is -0.988. The van der Waals surface area contributed by atoms with Gasteiger partial charge in [-0.3, -0.25) is 4.79 Å². The first kappa shape index (κ1) is 14.1. The lowest BCUT2D eigenvalue weighted by atomic mass is 9.88. The van der Waals surface area contributed by atoms with Gasteiger partial charge >= 0.3 is 5.97 Å². The fraction of sp³-hybridized carbons (Fsp3) is 0.818. The number of thioether (sulfide) groups is 1. The molecule has 2 fully saturated rings. The number of aliphatic hydroxyl groups is 1. The van der Waals surface area contributed by atoms with Crippen molar-refractivity contribution in [2.45, 2.75) is 47.4 Å². The minimum Gasteiger partial charge on any atom is -0.467 e. The van der Waals surface area contributed by atoms with E-state index in [0.29, 0.717) is 0 Å². The maximum Gasteiger partial charge on any atom is 0.330 e. The number of hydrogen-bond acceptors (Lipinski definition) is 5. The number of alkyl halides is 1. The third-order valence-electron chi connectivity index (χ3n) is 3.56. The van der Waals surface area contributed by atoms with E-state index in [1.165, 1.54) is 23.8 Å². The highest BCUT2D eigenvalue weighted by atomic mass is 79.9. The van der Waals surface area contributed by atoms with Crippen LogP contribution in [-0.4, -0.2) is 55.6 Å². The van der Waals surface area contributed by atoms with Crippen molar-refractivity contribution < 1.29 is 19.4 Å². The molecule has 5 nitrogen and oxygen atoms in total. The van der Waals surface area contributed by atoms with Gasteiger partial charge in [0.15, 0.2) is 4.32 Å². The van der Waals surface area contributed by atoms with Crippen molar-refractivity contribution in [3.8, 4) is 0 Å². The summed E-state index contributed by atoms with van der Waals surface area (Å²) in [6, 6.07) is -0.602. The number of amides is 1. The largest absolute Gasteiger partial charge is 0.467 e. The number of carbonyl (C=O) groups is 2. The zero-order valence-electron chi connectivity index (χ0n) is 10.6. The molecule has 18 heavy (non-hydrogen) atoms. The van der Waals surface area contributed by atoms with Crippen molar-refractivity contribution in [2.75, 3.05) is 7.11 Å². The molecule has 0 aromatic heterocycles. The number of hydrogen-bond donors (Lipinski definition) is 1. The number of rotatable bonds is 2. The topological polar surface area (TPSA) is 66.8 Å². The molecule has 102 valence electrons. The molecule has 2 rings (SSSR count). The summed E-state index contributed by atoms with van der Waals surface area (Å²) in [5.74, 6) is -0.667. The zero-order valence-corrected chi connectivity index (χ0v) is 13.0. The standard InChI is InChI=1S/C11H16BrNO4S/c1-5(14)11(12)8(16)13-6(7(15)17-4)10(2,3)18-9(11)13/h5-6,9,14H,1-4H3/t5?,6-,9+,11-/m0/s1. The van der Waals surface area contributed by atoms with Crippen molar-refractivity contribution in [1.29, 1.82) is 0 Å². The van der Waals surface area contributed by atoms with Crippen LogP contribution >= 0.6 is 27.7 Å². The van der Waals surface area contributed by atoms with Gasteiger partial charge in [0.25, 0.3) is 0 Å². The third kappa shape index (κ3) is 1.56. The monoisotopic (exact) mass is 337 g/mol. The van der Waals surface area contributed by atoms with Crippen LogP contribution in [-0.2, 0) is 14.3 Å². The number of carbonyl (C=O) groups excluding carboxylic acids is 2. The fourth-order valence-electron chi connectivity index (χ4n) is 2.52. The predicted octanol–water partition coefficient (Wildman–Crippen LogP) is 0.736. The number of halogens is 1. The van der Waals surface area contributed by atoms with E-state index >= 15 is 0 Å². The summed E-state index contributed by atoms with van der Waals surface area (Å²) in [4.78, 5) is 25.6. The zero-order chi connectivity index (χ0) is 13.9. The first-order valence-electron chi connectivity index (χ1n) is 5.63. The van der Waals surface area contributed by atoms with Gasteiger partial charge in [-0.25, -0.2) is 4.79 Å². The summed E-state index contributed by atoms with van der Waals surface area (Å²) in [5.41, 5.74) is 0. The first-order chi connectivity index (χ1) is 8.17. The SMILES string of the molecule is COC(=O)[C@@H]1N2C(=O)[C@@](Br)(C(C)O)[C@H]2SC1(C)C. The summed E-state index contributed by atoms with van der Waals surface area (Å²) in [5, 5.41) is 9.53. The van der Waals surface area contributed by atoms with E-state index in [4.69, 9.17) is 4.74 Å². The lowest BCUT2D eigenvalue weighted by Gasteiger charge is -2.51. The Morgan fingerprint density at radius 1 is 1.61 bits per heavy atom. The fourth-order valence-corrected chi connectivity index (χ4v) is 4.94. The first-order valence-corrected chi connectivity index (χ1v) is 7.30. The number of β-lactam (4-membered cyclic amide) rings is 1. The van der Waals surface area contributed by atoms with E-state index in [-0.39, 0.29) is 11.3 Å². The van der Waals surface area contributed by atoms with Crippen molar-refractivity contribution >= 4 is 39.6 Å². The molecule has 0 bridgehead atoms. The van der Waals surface area contributed by atoms with E-state index < -0.39 is 27.2 Å². The van der Waals surface area contributed by atoms with Crippen molar-refractivity contribution in [1.82, 2.24) is 4.90 Å². The highest BCUT2D eigenvalue weighted by Crippen LogP contribution is 2.59.